The van der Waals surface area contributed by atoms with Crippen molar-refractivity contribution in [2.75, 3.05) is 0 Å². The molecule has 0 unspecified atom stereocenters. The summed E-state index contributed by atoms with van der Waals surface area (Å²) in [5.41, 5.74) is 4.78. The first kappa shape index (κ1) is 20.4. The molecular formula is C26H27N5O. The Bertz CT molecular complexity index is 1340. The Kier molecular flexibility index (Phi) is 5.43. The van der Waals surface area contributed by atoms with E-state index in [9.17, 15) is 4.79 Å². The smallest absolute Gasteiger partial charge is 0.282 e. The number of rotatable bonds is 4. The van der Waals surface area contributed by atoms with Crippen molar-refractivity contribution in [3.05, 3.63) is 88.0 Å². The van der Waals surface area contributed by atoms with E-state index in [0.717, 1.165) is 46.8 Å². The van der Waals surface area contributed by atoms with Crippen LogP contribution in [0.25, 0.3) is 16.6 Å². The van der Waals surface area contributed by atoms with E-state index in [-0.39, 0.29) is 11.5 Å². The normalized spacial score (nSPS) is 15.1. The van der Waals surface area contributed by atoms with Gasteiger partial charge < -0.3 is 4.57 Å². The number of benzene rings is 1. The van der Waals surface area contributed by atoms with Gasteiger partial charge in [0, 0.05) is 29.1 Å². The van der Waals surface area contributed by atoms with Crippen molar-refractivity contribution in [2.45, 2.75) is 51.9 Å². The number of fused-ring (bicyclic) bond motifs is 1. The molecule has 3 aromatic heterocycles. The molecule has 1 saturated carbocycles. The lowest BCUT2D eigenvalue weighted by Crippen LogP contribution is -2.25. The molecule has 0 aliphatic heterocycles. The van der Waals surface area contributed by atoms with Crippen molar-refractivity contribution < 1.29 is 0 Å². The van der Waals surface area contributed by atoms with Gasteiger partial charge in [0.25, 0.3) is 5.56 Å². The Morgan fingerprint density at radius 1 is 1.06 bits per heavy atom. The van der Waals surface area contributed by atoms with Gasteiger partial charge in [-0.25, -0.2) is 4.98 Å². The van der Waals surface area contributed by atoms with Gasteiger partial charge in [-0.05, 0) is 57.0 Å². The van der Waals surface area contributed by atoms with Gasteiger partial charge in [0.15, 0.2) is 0 Å². The zero-order valence-electron chi connectivity index (χ0n) is 18.5. The van der Waals surface area contributed by atoms with Gasteiger partial charge in [0.05, 0.1) is 29.0 Å². The number of aryl methyl sites for hydroxylation is 1. The van der Waals surface area contributed by atoms with E-state index in [1.807, 2.05) is 42.6 Å². The van der Waals surface area contributed by atoms with Crippen LogP contribution in [0, 0.1) is 13.8 Å². The first-order valence-corrected chi connectivity index (χ1v) is 11.3. The minimum atomic E-state index is -0.103. The summed E-state index contributed by atoms with van der Waals surface area (Å²) in [6, 6.07) is 13.6. The second-order valence-corrected chi connectivity index (χ2v) is 8.56. The summed E-state index contributed by atoms with van der Waals surface area (Å²) in [6.45, 7) is 4.12. The Hall–Kier alpha value is -3.54. The fourth-order valence-corrected chi connectivity index (χ4v) is 4.80. The Balaban J connectivity index is 1.61. The van der Waals surface area contributed by atoms with Crippen LogP contribution >= 0.6 is 0 Å². The molecule has 4 aromatic rings. The van der Waals surface area contributed by atoms with Gasteiger partial charge in [-0.3, -0.25) is 9.78 Å². The average Bonchev–Trinajstić information content (AvgIpc) is 3.12. The lowest BCUT2D eigenvalue weighted by atomic mass is 9.88. The monoisotopic (exact) mass is 425 g/mol. The predicted molar refractivity (Wildman–Crippen MR) is 128 cm³/mol. The third kappa shape index (κ3) is 3.66. The topological polar surface area (TPSA) is 65.1 Å². The van der Waals surface area contributed by atoms with Crippen LogP contribution in [0.15, 0.2) is 64.8 Å². The van der Waals surface area contributed by atoms with E-state index in [1.165, 1.54) is 23.9 Å². The highest BCUT2D eigenvalue weighted by Crippen LogP contribution is 2.31. The molecule has 1 fully saturated rings. The number of pyridine rings is 1. The highest BCUT2D eigenvalue weighted by atomic mass is 16.1. The molecule has 0 radical (unpaired) electrons. The number of nitrogens with zero attached hydrogens (tertiary/aromatic N) is 5. The number of para-hydroxylation sites is 1. The van der Waals surface area contributed by atoms with Crippen LogP contribution in [0.2, 0.25) is 0 Å². The summed E-state index contributed by atoms with van der Waals surface area (Å²) in [4.78, 5) is 22.5. The molecule has 1 aromatic carbocycles. The fourth-order valence-electron chi connectivity index (χ4n) is 4.80. The van der Waals surface area contributed by atoms with Crippen LogP contribution in [0.5, 0.6) is 0 Å². The van der Waals surface area contributed by atoms with Crippen LogP contribution < -0.4 is 5.56 Å². The highest BCUT2D eigenvalue weighted by molar-refractivity contribution is 5.82. The van der Waals surface area contributed by atoms with Crippen LogP contribution in [0.1, 0.15) is 60.8 Å². The first-order chi connectivity index (χ1) is 15.6. The fraction of sp³-hybridized carbons (Fsp3) is 0.308. The number of aromatic nitrogens is 4. The van der Waals surface area contributed by atoms with E-state index in [4.69, 9.17) is 10.1 Å². The van der Waals surface area contributed by atoms with Crippen molar-refractivity contribution in [2.24, 2.45) is 5.10 Å². The quantitative estimate of drug-likeness (QED) is 0.426. The lowest BCUT2D eigenvalue weighted by Gasteiger charge is -2.22. The van der Waals surface area contributed by atoms with Gasteiger partial charge in [-0.15, -0.1) is 0 Å². The molecule has 0 atom stereocenters. The van der Waals surface area contributed by atoms with E-state index in [1.54, 1.807) is 12.4 Å². The van der Waals surface area contributed by atoms with Crippen LogP contribution in [-0.4, -0.2) is 25.4 Å². The van der Waals surface area contributed by atoms with Gasteiger partial charge in [-0.2, -0.15) is 9.78 Å². The molecular weight excluding hydrogens is 398 g/mol. The average molecular weight is 426 g/mol. The lowest BCUT2D eigenvalue weighted by molar-refractivity contribution is 0.416. The molecule has 3 heterocycles. The third-order valence-corrected chi connectivity index (χ3v) is 6.44. The summed E-state index contributed by atoms with van der Waals surface area (Å²) in [5, 5.41) is 5.30. The minimum Gasteiger partial charge on any atom is -0.316 e. The summed E-state index contributed by atoms with van der Waals surface area (Å²) >= 11 is 0. The van der Waals surface area contributed by atoms with Crippen LogP contribution in [0.3, 0.4) is 0 Å². The first-order valence-electron chi connectivity index (χ1n) is 11.3. The van der Waals surface area contributed by atoms with Crippen molar-refractivity contribution in [3.8, 4) is 5.69 Å². The second kappa shape index (κ2) is 8.54. The minimum absolute atomic E-state index is 0.103. The standard InChI is InChI=1S/C26H27N5O/c1-18-15-21(19(2)30(18)22-11-8-14-27-17-22)16-28-31-25(20-9-4-3-5-10-20)29-24-13-7-6-12-23(24)26(31)32/h6-8,11-17,20H,3-5,9-10H2,1-2H3. The molecule has 32 heavy (non-hydrogen) atoms. The summed E-state index contributed by atoms with van der Waals surface area (Å²) < 4.78 is 3.69. The molecule has 162 valence electrons. The molecule has 6 nitrogen and oxygen atoms in total. The van der Waals surface area contributed by atoms with E-state index >= 15 is 0 Å². The van der Waals surface area contributed by atoms with Crippen molar-refractivity contribution >= 4 is 17.1 Å². The largest absolute Gasteiger partial charge is 0.316 e. The van der Waals surface area contributed by atoms with E-state index in [2.05, 4.69) is 29.5 Å². The SMILES string of the molecule is Cc1cc(C=Nn2c(C3CCCCC3)nc3ccccc3c2=O)c(C)n1-c1cccnc1. The molecule has 0 saturated heterocycles. The van der Waals surface area contributed by atoms with E-state index < -0.39 is 0 Å². The summed E-state index contributed by atoms with van der Waals surface area (Å²) in [5.74, 6) is 1.05. The molecule has 0 amide bonds. The van der Waals surface area contributed by atoms with Crippen LogP contribution in [0.4, 0.5) is 0 Å². The molecule has 5 rings (SSSR count). The number of hydrogen-bond donors (Lipinski definition) is 0. The maximum Gasteiger partial charge on any atom is 0.282 e. The molecule has 1 aliphatic carbocycles. The van der Waals surface area contributed by atoms with Gasteiger partial charge in [0.2, 0.25) is 0 Å². The molecule has 0 spiro atoms. The zero-order valence-corrected chi connectivity index (χ0v) is 18.5. The maximum atomic E-state index is 13.4. The van der Waals surface area contributed by atoms with Gasteiger partial charge >= 0.3 is 0 Å². The second-order valence-electron chi connectivity index (χ2n) is 8.56. The van der Waals surface area contributed by atoms with Crippen molar-refractivity contribution in [1.29, 1.82) is 0 Å². The maximum absolute atomic E-state index is 13.4. The van der Waals surface area contributed by atoms with Gasteiger partial charge in [-0.1, -0.05) is 31.4 Å². The predicted octanol–water partition coefficient (Wildman–Crippen LogP) is 5.13. The highest BCUT2D eigenvalue weighted by Gasteiger charge is 2.22. The van der Waals surface area contributed by atoms with Gasteiger partial charge in [0.1, 0.15) is 5.82 Å². The van der Waals surface area contributed by atoms with Crippen molar-refractivity contribution in [3.63, 3.8) is 0 Å². The molecule has 0 bridgehead atoms. The zero-order chi connectivity index (χ0) is 22.1. The Labute approximate surface area is 187 Å². The number of hydrogen-bond acceptors (Lipinski definition) is 4. The Morgan fingerprint density at radius 2 is 1.88 bits per heavy atom. The summed E-state index contributed by atoms with van der Waals surface area (Å²) in [6.07, 6.45) is 11.1. The summed E-state index contributed by atoms with van der Waals surface area (Å²) in [7, 11) is 0. The van der Waals surface area contributed by atoms with Crippen LogP contribution in [-0.2, 0) is 0 Å². The molecule has 0 N–H and O–H groups in total. The molecule has 6 heteroatoms. The third-order valence-electron chi connectivity index (χ3n) is 6.44. The Morgan fingerprint density at radius 3 is 2.66 bits per heavy atom. The van der Waals surface area contributed by atoms with E-state index in [0.29, 0.717) is 5.39 Å². The molecule has 1 aliphatic rings. The van der Waals surface area contributed by atoms with Crippen molar-refractivity contribution in [1.82, 2.24) is 19.2 Å².